The Morgan fingerprint density at radius 2 is 1.67 bits per heavy atom. The summed E-state index contributed by atoms with van der Waals surface area (Å²) in [5, 5.41) is 0. The predicted octanol–water partition coefficient (Wildman–Crippen LogP) is 3.15. The number of hydrogen-bond acceptors (Lipinski definition) is 4. The van der Waals surface area contributed by atoms with Crippen LogP contribution in [0, 0.1) is 25.5 Å². The number of H-pyrrole nitrogens is 1. The molecule has 0 aliphatic rings. The summed E-state index contributed by atoms with van der Waals surface area (Å²) < 4.78 is 31.7. The highest BCUT2D eigenvalue weighted by atomic mass is 19.1. The van der Waals surface area contributed by atoms with Crippen molar-refractivity contribution in [2.45, 2.75) is 20.8 Å². The lowest BCUT2D eigenvalue weighted by atomic mass is 10.1. The monoisotopic (exact) mass is 335 g/mol. The molecule has 1 aromatic carbocycles. The summed E-state index contributed by atoms with van der Waals surface area (Å²) >= 11 is 0. The Balaban J connectivity index is 2.16. The molecule has 0 bridgehead atoms. The Hall–Kier alpha value is -2.83. The van der Waals surface area contributed by atoms with E-state index < -0.39 is 35.6 Å². The highest BCUT2D eigenvalue weighted by Crippen LogP contribution is 2.19. The van der Waals surface area contributed by atoms with Gasteiger partial charge in [-0.05, 0) is 38.5 Å². The number of benzene rings is 1. The molecular weight excluding hydrogens is 320 g/mol. The van der Waals surface area contributed by atoms with Gasteiger partial charge in [0.05, 0.1) is 5.69 Å². The number of hydrogen-bond donors (Lipinski definition) is 1. The van der Waals surface area contributed by atoms with Crippen LogP contribution in [0.15, 0.2) is 18.2 Å². The zero-order valence-electron chi connectivity index (χ0n) is 13.3. The Labute approximate surface area is 136 Å². The van der Waals surface area contributed by atoms with Crippen LogP contribution in [-0.2, 0) is 4.74 Å². The average molecular weight is 335 g/mol. The summed E-state index contributed by atoms with van der Waals surface area (Å²) in [6.45, 7) is 3.90. The molecule has 1 aromatic heterocycles. The number of aromatic amines is 1. The molecule has 1 heterocycles. The molecule has 2 aromatic rings. The minimum atomic E-state index is -1.27. The van der Waals surface area contributed by atoms with Crippen molar-refractivity contribution in [2.75, 3.05) is 6.61 Å². The first-order valence-corrected chi connectivity index (χ1v) is 7.08. The molecule has 24 heavy (non-hydrogen) atoms. The molecule has 2 rings (SSSR count). The van der Waals surface area contributed by atoms with Gasteiger partial charge in [0.25, 0.3) is 0 Å². The van der Waals surface area contributed by atoms with E-state index in [1.165, 1.54) is 6.92 Å². The van der Waals surface area contributed by atoms with E-state index in [0.717, 1.165) is 18.2 Å². The molecular formula is C17H15F2NO4. The third-order valence-corrected chi connectivity index (χ3v) is 3.57. The second-order valence-corrected chi connectivity index (χ2v) is 5.28. The van der Waals surface area contributed by atoms with Crippen LogP contribution in [0.25, 0.3) is 0 Å². The van der Waals surface area contributed by atoms with Crippen LogP contribution in [0.5, 0.6) is 0 Å². The van der Waals surface area contributed by atoms with Crippen molar-refractivity contribution in [3.05, 3.63) is 57.9 Å². The van der Waals surface area contributed by atoms with Crippen molar-refractivity contribution in [3.8, 4) is 0 Å². The first-order valence-electron chi connectivity index (χ1n) is 7.08. The lowest BCUT2D eigenvalue weighted by Crippen LogP contribution is -2.17. The van der Waals surface area contributed by atoms with Gasteiger partial charge >= 0.3 is 5.97 Å². The fourth-order valence-electron chi connectivity index (χ4n) is 2.53. The third kappa shape index (κ3) is 3.24. The first kappa shape index (κ1) is 17.5. The molecule has 0 fully saturated rings. The van der Waals surface area contributed by atoms with E-state index in [2.05, 4.69) is 4.98 Å². The molecule has 1 N–H and O–H groups in total. The second kappa shape index (κ2) is 6.74. The lowest BCUT2D eigenvalue weighted by molar-refractivity contribution is 0.0463. The predicted molar refractivity (Wildman–Crippen MR) is 81.2 cm³/mol. The fourth-order valence-corrected chi connectivity index (χ4v) is 2.53. The molecule has 0 aliphatic heterocycles. The largest absolute Gasteiger partial charge is 0.453 e. The van der Waals surface area contributed by atoms with Crippen LogP contribution in [0.4, 0.5) is 8.78 Å². The summed E-state index contributed by atoms with van der Waals surface area (Å²) in [4.78, 5) is 38.2. The number of aromatic nitrogens is 1. The number of nitrogens with one attached hydrogen (secondary N) is 1. The van der Waals surface area contributed by atoms with E-state index in [0.29, 0.717) is 16.8 Å². The van der Waals surface area contributed by atoms with Gasteiger partial charge < -0.3 is 9.72 Å². The number of halogens is 2. The van der Waals surface area contributed by atoms with E-state index in [-0.39, 0.29) is 11.5 Å². The number of carbonyl (C=O) groups is 3. The van der Waals surface area contributed by atoms with Gasteiger partial charge in [-0.1, -0.05) is 6.07 Å². The maximum atomic E-state index is 13.5. The molecule has 0 aliphatic carbocycles. The van der Waals surface area contributed by atoms with Gasteiger partial charge in [0.1, 0.15) is 17.2 Å². The van der Waals surface area contributed by atoms with Crippen molar-refractivity contribution in [3.63, 3.8) is 0 Å². The fraction of sp³-hybridized carbons (Fsp3) is 0.235. The van der Waals surface area contributed by atoms with Crippen LogP contribution in [0.2, 0.25) is 0 Å². The van der Waals surface area contributed by atoms with Crippen molar-refractivity contribution >= 4 is 17.5 Å². The molecule has 0 unspecified atom stereocenters. The third-order valence-electron chi connectivity index (χ3n) is 3.57. The minimum Gasteiger partial charge on any atom is -0.453 e. The highest BCUT2D eigenvalue weighted by Gasteiger charge is 2.23. The van der Waals surface area contributed by atoms with Crippen LogP contribution >= 0.6 is 0 Å². The molecule has 0 saturated carbocycles. The zero-order chi connectivity index (χ0) is 18.0. The molecule has 7 heteroatoms. The van der Waals surface area contributed by atoms with Gasteiger partial charge in [-0.15, -0.1) is 0 Å². The molecule has 126 valence electrons. The van der Waals surface area contributed by atoms with Gasteiger partial charge in [-0.3, -0.25) is 9.59 Å². The van der Waals surface area contributed by atoms with Crippen LogP contribution in [-0.4, -0.2) is 29.1 Å². The molecule has 0 amide bonds. The van der Waals surface area contributed by atoms with Gasteiger partial charge in [-0.2, -0.15) is 0 Å². The highest BCUT2D eigenvalue weighted by molar-refractivity contribution is 6.04. The summed E-state index contributed by atoms with van der Waals surface area (Å²) in [6, 6.07) is 2.94. The molecule has 0 atom stereocenters. The second-order valence-electron chi connectivity index (χ2n) is 5.28. The summed E-state index contributed by atoms with van der Waals surface area (Å²) in [7, 11) is 0. The number of ketones is 2. The van der Waals surface area contributed by atoms with Crippen molar-refractivity contribution in [2.24, 2.45) is 0 Å². The van der Waals surface area contributed by atoms with E-state index in [4.69, 9.17) is 4.74 Å². The minimum absolute atomic E-state index is 0.125. The number of rotatable bonds is 5. The van der Waals surface area contributed by atoms with Gasteiger partial charge in [-0.25, -0.2) is 13.6 Å². The van der Waals surface area contributed by atoms with E-state index in [1.807, 2.05) is 0 Å². The van der Waals surface area contributed by atoms with Crippen molar-refractivity contribution < 1.29 is 27.9 Å². The van der Waals surface area contributed by atoms with E-state index in [1.54, 1.807) is 13.8 Å². The Bertz CT molecular complexity index is 819. The number of Topliss-reactive ketones (excluding diaryl/α,β-unsaturated/α-hetero) is 2. The van der Waals surface area contributed by atoms with Crippen LogP contribution in [0.1, 0.15) is 49.4 Å². The molecule has 0 saturated heterocycles. The number of ether oxygens (including phenoxy) is 1. The molecule has 5 nitrogen and oxygen atoms in total. The van der Waals surface area contributed by atoms with Gasteiger partial charge in [0.15, 0.2) is 12.4 Å². The van der Waals surface area contributed by atoms with Crippen LogP contribution < -0.4 is 0 Å². The standard InChI is InChI=1S/C17H15F2NO4/c1-8-14(10(3)21)9(2)20-16(8)13(22)7-24-17(23)15-11(18)5-4-6-12(15)19/h4-6,20H,7H2,1-3H3. The van der Waals surface area contributed by atoms with Crippen LogP contribution in [0.3, 0.4) is 0 Å². The Morgan fingerprint density at radius 3 is 2.17 bits per heavy atom. The number of carbonyl (C=O) groups excluding carboxylic acids is 3. The molecule has 0 spiro atoms. The number of esters is 1. The lowest BCUT2D eigenvalue weighted by Gasteiger charge is -2.06. The van der Waals surface area contributed by atoms with Gasteiger partial charge in [0, 0.05) is 11.3 Å². The first-order chi connectivity index (χ1) is 11.2. The maximum Gasteiger partial charge on any atom is 0.344 e. The quantitative estimate of drug-likeness (QED) is 0.673. The summed E-state index contributed by atoms with van der Waals surface area (Å²) in [5.74, 6) is -4.22. The summed E-state index contributed by atoms with van der Waals surface area (Å²) in [5.41, 5.74) is 0.631. The zero-order valence-corrected chi connectivity index (χ0v) is 13.3. The number of aryl methyl sites for hydroxylation is 1. The average Bonchev–Trinajstić information content (AvgIpc) is 2.79. The smallest absolute Gasteiger partial charge is 0.344 e. The summed E-state index contributed by atoms with van der Waals surface area (Å²) in [6.07, 6.45) is 0. The SMILES string of the molecule is CC(=O)c1c(C)[nH]c(C(=O)COC(=O)c2c(F)cccc2F)c1C. The Kier molecular flexibility index (Phi) is 4.92. The van der Waals surface area contributed by atoms with E-state index >= 15 is 0 Å². The maximum absolute atomic E-state index is 13.5. The van der Waals surface area contributed by atoms with E-state index in [9.17, 15) is 23.2 Å². The van der Waals surface area contributed by atoms with Crippen molar-refractivity contribution in [1.29, 1.82) is 0 Å². The molecule has 0 radical (unpaired) electrons. The topological polar surface area (TPSA) is 76.2 Å². The van der Waals surface area contributed by atoms with Crippen molar-refractivity contribution in [1.82, 2.24) is 4.98 Å². The normalized spacial score (nSPS) is 10.5. The van der Waals surface area contributed by atoms with Gasteiger partial charge in [0.2, 0.25) is 5.78 Å². The Morgan fingerprint density at radius 1 is 1.08 bits per heavy atom.